The molecule has 3 rings (SSSR count). The molecule has 3 aromatic rings. The lowest BCUT2D eigenvalue weighted by atomic mass is 10.0. The topological polar surface area (TPSA) is 40.6 Å². The summed E-state index contributed by atoms with van der Waals surface area (Å²) < 4.78 is 39.0. The van der Waals surface area contributed by atoms with Gasteiger partial charge in [-0.25, -0.2) is 0 Å². The highest BCUT2D eigenvalue weighted by Gasteiger charge is 2.42. The molecule has 1 unspecified atom stereocenters. The van der Waals surface area contributed by atoms with E-state index in [0.717, 1.165) is 21.2 Å². The molecule has 2 amide bonds. The van der Waals surface area contributed by atoms with Crippen LogP contribution in [0.5, 0.6) is 0 Å². The fraction of sp³-hybridized carbons (Fsp3) is 0.280. The number of benzene rings is 3. The molecule has 3 aromatic carbocycles. The van der Waals surface area contributed by atoms with Crippen molar-refractivity contribution in [2.45, 2.75) is 32.6 Å². The minimum absolute atomic E-state index is 0.105. The van der Waals surface area contributed by atoms with Crippen LogP contribution in [0.25, 0.3) is 10.8 Å². The first-order valence-corrected chi connectivity index (χ1v) is 10.4. The Morgan fingerprint density at radius 3 is 2.16 bits per heavy atom. The summed E-state index contributed by atoms with van der Waals surface area (Å²) in [6.07, 6.45) is -4.96. The van der Waals surface area contributed by atoms with E-state index < -0.39 is 18.1 Å². The van der Waals surface area contributed by atoms with Gasteiger partial charge in [0.05, 0.1) is 0 Å². The Morgan fingerprint density at radius 2 is 1.53 bits per heavy atom. The van der Waals surface area contributed by atoms with Crippen LogP contribution in [0, 0.1) is 0 Å². The van der Waals surface area contributed by atoms with Crippen LogP contribution in [0.3, 0.4) is 0 Å². The predicted molar refractivity (Wildman–Crippen MR) is 118 cm³/mol. The van der Waals surface area contributed by atoms with Crippen LogP contribution < -0.4 is 0 Å². The molecule has 0 heterocycles. The van der Waals surface area contributed by atoms with Crippen LogP contribution >= 0.6 is 0 Å². The smallest absolute Gasteiger partial charge is 0.333 e. The third-order valence-electron chi connectivity index (χ3n) is 5.38. The van der Waals surface area contributed by atoms with Crippen molar-refractivity contribution in [1.82, 2.24) is 9.80 Å². The average Bonchev–Trinajstić information content (AvgIpc) is 2.79. The Kier molecular flexibility index (Phi) is 7.18. The second-order valence-electron chi connectivity index (χ2n) is 7.67. The van der Waals surface area contributed by atoms with Crippen molar-refractivity contribution in [3.8, 4) is 0 Å². The number of carbonyl (C=O) groups excluding carboxylic acids is 2. The van der Waals surface area contributed by atoms with Crippen molar-refractivity contribution >= 4 is 22.6 Å². The Labute approximate surface area is 185 Å². The fourth-order valence-electron chi connectivity index (χ4n) is 3.65. The van der Waals surface area contributed by atoms with Gasteiger partial charge in [-0.2, -0.15) is 13.2 Å². The number of nitrogens with zero attached hydrogens (tertiary/aromatic N) is 2. The third kappa shape index (κ3) is 5.46. The minimum Gasteiger partial charge on any atom is -0.333 e. The Morgan fingerprint density at radius 1 is 0.906 bits per heavy atom. The van der Waals surface area contributed by atoms with E-state index in [2.05, 4.69) is 0 Å². The number of hydrogen-bond donors (Lipinski definition) is 0. The first-order valence-electron chi connectivity index (χ1n) is 10.4. The molecule has 0 aromatic heterocycles. The van der Waals surface area contributed by atoms with Crippen LogP contribution in [-0.2, 0) is 11.3 Å². The molecule has 0 bridgehead atoms. The van der Waals surface area contributed by atoms with Crippen LogP contribution in [0.2, 0.25) is 0 Å². The maximum absolute atomic E-state index is 13.5. The van der Waals surface area contributed by atoms with Gasteiger partial charge >= 0.3 is 12.1 Å². The minimum atomic E-state index is -4.96. The molecule has 0 fully saturated rings. The molecular formula is C25H25F3N2O2. The van der Waals surface area contributed by atoms with Crippen molar-refractivity contribution in [1.29, 1.82) is 0 Å². The number of rotatable bonds is 7. The van der Waals surface area contributed by atoms with Gasteiger partial charge in [0.2, 0.25) is 0 Å². The van der Waals surface area contributed by atoms with Gasteiger partial charge in [0.15, 0.2) is 0 Å². The molecule has 4 nitrogen and oxygen atoms in total. The SMILES string of the molecule is CCN(CC(C)N(Cc1ccccc1)C(=O)c1ccc2ccccc2c1)C(=O)C(F)(F)F. The van der Waals surface area contributed by atoms with Gasteiger partial charge in [0, 0.05) is 31.2 Å². The molecule has 0 saturated heterocycles. The molecule has 0 aliphatic heterocycles. The summed E-state index contributed by atoms with van der Waals surface area (Å²) in [5.41, 5.74) is 1.29. The molecule has 0 saturated carbocycles. The van der Waals surface area contributed by atoms with E-state index in [1.54, 1.807) is 19.1 Å². The highest BCUT2D eigenvalue weighted by atomic mass is 19.4. The average molecular weight is 442 g/mol. The summed E-state index contributed by atoms with van der Waals surface area (Å²) in [6.45, 7) is 3.04. The van der Waals surface area contributed by atoms with Crippen LogP contribution in [0.4, 0.5) is 13.2 Å². The van der Waals surface area contributed by atoms with Crippen molar-refractivity contribution in [2.24, 2.45) is 0 Å². The zero-order valence-corrected chi connectivity index (χ0v) is 18.0. The first-order chi connectivity index (χ1) is 15.2. The monoisotopic (exact) mass is 442 g/mol. The zero-order valence-electron chi connectivity index (χ0n) is 18.0. The number of fused-ring (bicyclic) bond motifs is 1. The summed E-state index contributed by atoms with van der Waals surface area (Å²) in [6, 6.07) is 21.6. The van der Waals surface area contributed by atoms with E-state index in [0.29, 0.717) is 5.56 Å². The van der Waals surface area contributed by atoms with Crippen LogP contribution in [0.15, 0.2) is 72.8 Å². The predicted octanol–water partition coefficient (Wildman–Crippen LogP) is 5.28. The number of alkyl halides is 3. The van der Waals surface area contributed by atoms with Crippen LogP contribution in [-0.4, -0.2) is 46.9 Å². The molecule has 0 aliphatic rings. The summed E-state index contributed by atoms with van der Waals surface area (Å²) in [7, 11) is 0. The summed E-state index contributed by atoms with van der Waals surface area (Å²) in [5.74, 6) is -2.20. The van der Waals surface area contributed by atoms with Gasteiger partial charge in [-0.05, 0) is 42.3 Å². The second-order valence-corrected chi connectivity index (χ2v) is 7.67. The van der Waals surface area contributed by atoms with E-state index in [-0.39, 0.29) is 25.5 Å². The molecule has 1 atom stereocenters. The second kappa shape index (κ2) is 9.85. The Bertz CT molecular complexity index is 1080. The lowest BCUT2D eigenvalue weighted by molar-refractivity contribution is -0.185. The molecule has 32 heavy (non-hydrogen) atoms. The molecule has 0 aliphatic carbocycles. The van der Waals surface area contributed by atoms with Gasteiger partial charge in [-0.15, -0.1) is 0 Å². The molecule has 7 heteroatoms. The fourth-order valence-corrected chi connectivity index (χ4v) is 3.65. The highest BCUT2D eigenvalue weighted by molar-refractivity contribution is 5.98. The van der Waals surface area contributed by atoms with E-state index in [1.165, 1.54) is 11.8 Å². The summed E-state index contributed by atoms with van der Waals surface area (Å²) >= 11 is 0. The maximum Gasteiger partial charge on any atom is 0.471 e. The van der Waals surface area contributed by atoms with Crippen molar-refractivity contribution < 1.29 is 22.8 Å². The first kappa shape index (κ1) is 23.3. The van der Waals surface area contributed by atoms with Crippen LogP contribution in [0.1, 0.15) is 29.8 Å². The zero-order chi connectivity index (χ0) is 23.3. The standard InChI is InChI=1S/C25H25F3N2O2/c1-3-29(24(32)25(26,27)28)16-18(2)30(17-19-9-5-4-6-10-19)23(31)22-14-13-20-11-7-8-12-21(20)15-22/h4-15,18H,3,16-17H2,1-2H3. The lowest BCUT2D eigenvalue weighted by Crippen LogP contribution is -2.49. The Hall–Kier alpha value is -3.35. The summed E-state index contributed by atoms with van der Waals surface area (Å²) in [4.78, 5) is 27.5. The third-order valence-corrected chi connectivity index (χ3v) is 5.38. The molecular weight excluding hydrogens is 417 g/mol. The van der Waals surface area contributed by atoms with E-state index in [9.17, 15) is 22.8 Å². The van der Waals surface area contributed by atoms with Gasteiger partial charge in [-0.3, -0.25) is 9.59 Å². The van der Waals surface area contributed by atoms with Gasteiger partial charge < -0.3 is 9.80 Å². The summed E-state index contributed by atoms with van der Waals surface area (Å²) in [5, 5.41) is 1.88. The molecule has 168 valence electrons. The van der Waals surface area contributed by atoms with Crippen molar-refractivity contribution in [3.05, 3.63) is 83.9 Å². The van der Waals surface area contributed by atoms with Crippen molar-refractivity contribution in [3.63, 3.8) is 0 Å². The normalized spacial score (nSPS) is 12.4. The lowest BCUT2D eigenvalue weighted by Gasteiger charge is -2.33. The van der Waals surface area contributed by atoms with Gasteiger partial charge in [0.1, 0.15) is 0 Å². The molecule has 0 radical (unpaired) electrons. The highest BCUT2D eigenvalue weighted by Crippen LogP contribution is 2.22. The number of amides is 2. The van der Waals surface area contributed by atoms with Gasteiger partial charge in [0.25, 0.3) is 5.91 Å². The Balaban J connectivity index is 1.91. The van der Waals surface area contributed by atoms with Crippen molar-refractivity contribution in [2.75, 3.05) is 13.1 Å². The molecule has 0 N–H and O–H groups in total. The number of halogens is 3. The maximum atomic E-state index is 13.5. The van der Waals surface area contributed by atoms with E-state index in [1.807, 2.05) is 60.7 Å². The van der Waals surface area contributed by atoms with Gasteiger partial charge in [-0.1, -0.05) is 60.7 Å². The van der Waals surface area contributed by atoms with E-state index >= 15 is 0 Å². The van der Waals surface area contributed by atoms with E-state index in [4.69, 9.17) is 0 Å². The number of likely N-dealkylation sites (N-methyl/N-ethyl adjacent to an activating group) is 1. The number of hydrogen-bond acceptors (Lipinski definition) is 2. The number of carbonyl (C=O) groups is 2. The molecule has 0 spiro atoms. The quantitative estimate of drug-likeness (QED) is 0.499. The largest absolute Gasteiger partial charge is 0.471 e.